The molecule has 3 N–H and O–H groups in total. The van der Waals surface area contributed by atoms with Crippen molar-refractivity contribution in [2.75, 3.05) is 6.16 Å². The van der Waals surface area contributed by atoms with Crippen molar-refractivity contribution in [3.63, 3.8) is 0 Å². The van der Waals surface area contributed by atoms with Crippen LogP contribution in [0.5, 0.6) is 0 Å². The third-order valence-electron chi connectivity index (χ3n) is 2.09. The lowest BCUT2D eigenvalue weighted by Gasteiger charge is -2.14. The number of rotatable bonds is 5. The lowest BCUT2D eigenvalue weighted by Crippen LogP contribution is -2.10. The molecule has 0 aromatic carbocycles. The van der Waals surface area contributed by atoms with E-state index in [4.69, 9.17) is 9.79 Å². The maximum atomic E-state index is 10.7. The van der Waals surface area contributed by atoms with Gasteiger partial charge in [0.2, 0.25) is 0 Å². The number of aliphatic hydroxyl groups excluding tert-OH is 1. The van der Waals surface area contributed by atoms with Gasteiger partial charge in [-0.25, -0.2) is 4.98 Å². The summed E-state index contributed by atoms with van der Waals surface area (Å²) in [6.07, 6.45) is 3.38. The molecule has 1 aromatic heterocycles. The van der Waals surface area contributed by atoms with Gasteiger partial charge in [0.1, 0.15) is 0 Å². The maximum Gasteiger partial charge on any atom is 0.354 e. The minimum absolute atomic E-state index is 0.0420. The molecule has 1 rings (SSSR count). The van der Waals surface area contributed by atoms with Crippen LogP contribution in [0, 0.1) is 0 Å². The molecule has 16 heavy (non-hydrogen) atoms. The third kappa shape index (κ3) is 3.65. The van der Waals surface area contributed by atoms with Crippen molar-refractivity contribution >= 4 is 16.3 Å². The summed E-state index contributed by atoms with van der Waals surface area (Å²) < 4.78 is 12.6. The van der Waals surface area contributed by atoms with Gasteiger partial charge in [0.05, 0.1) is 6.33 Å². The molecule has 1 aromatic rings. The molecule has 8 heteroatoms. The summed E-state index contributed by atoms with van der Waals surface area (Å²) in [6.45, 7) is 4.02. The minimum Gasteiger partial charge on any atom is -0.380 e. The zero-order chi connectivity index (χ0) is 12.3. The predicted octanol–water partition coefficient (Wildman–Crippen LogP) is 0.944. The standard InChI is InChI=1S/C8H16N2O4P2/c1-6(2)7-3-9-5-10(7)15-4-8(11)16(12,13)14/h3,5-6,8,11,15H,4H2,1-2H3,(H2,12,13,14). The highest BCUT2D eigenvalue weighted by Crippen LogP contribution is 2.42. The van der Waals surface area contributed by atoms with Crippen molar-refractivity contribution in [2.24, 2.45) is 0 Å². The van der Waals surface area contributed by atoms with Crippen LogP contribution in [-0.2, 0) is 4.57 Å². The van der Waals surface area contributed by atoms with Crippen LogP contribution < -0.4 is 0 Å². The van der Waals surface area contributed by atoms with Crippen molar-refractivity contribution in [1.29, 1.82) is 0 Å². The molecule has 0 fully saturated rings. The third-order valence-corrected chi connectivity index (χ3v) is 4.68. The van der Waals surface area contributed by atoms with E-state index in [1.165, 1.54) is 0 Å². The van der Waals surface area contributed by atoms with Crippen molar-refractivity contribution in [3.05, 3.63) is 18.2 Å². The Labute approximate surface area is 95.7 Å². The van der Waals surface area contributed by atoms with Crippen LogP contribution >= 0.6 is 16.3 Å². The van der Waals surface area contributed by atoms with Crippen molar-refractivity contribution < 1.29 is 19.5 Å². The molecule has 0 aliphatic heterocycles. The lowest BCUT2D eigenvalue weighted by molar-refractivity contribution is 0.220. The van der Waals surface area contributed by atoms with Gasteiger partial charge in [0, 0.05) is 18.1 Å². The topological polar surface area (TPSA) is 95.6 Å². The molecule has 6 nitrogen and oxygen atoms in total. The average molecular weight is 266 g/mol. The number of aliphatic hydroxyl groups is 1. The Morgan fingerprint density at radius 3 is 2.69 bits per heavy atom. The Kier molecular flexibility index (Phi) is 4.65. The van der Waals surface area contributed by atoms with E-state index < -0.39 is 13.4 Å². The van der Waals surface area contributed by atoms with E-state index in [1.807, 2.05) is 18.2 Å². The van der Waals surface area contributed by atoms with Crippen LogP contribution in [0.2, 0.25) is 0 Å². The van der Waals surface area contributed by atoms with Gasteiger partial charge in [0.25, 0.3) is 0 Å². The summed E-state index contributed by atoms with van der Waals surface area (Å²) in [6, 6.07) is 0. The van der Waals surface area contributed by atoms with Crippen LogP contribution in [0.3, 0.4) is 0 Å². The molecular weight excluding hydrogens is 250 g/mol. The molecule has 0 aliphatic carbocycles. The first-order valence-electron chi connectivity index (χ1n) is 4.81. The van der Waals surface area contributed by atoms with E-state index in [1.54, 1.807) is 12.5 Å². The summed E-state index contributed by atoms with van der Waals surface area (Å²) in [5, 5.41) is 9.22. The highest BCUT2D eigenvalue weighted by atomic mass is 31.2. The van der Waals surface area contributed by atoms with E-state index in [2.05, 4.69) is 4.98 Å². The minimum atomic E-state index is -4.39. The molecular formula is C8H16N2O4P2. The summed E-state index contributed by atoms with van der Waals surface area (Å²) >= 11 is 0. The van der Waals surface area contributed by atoms with Crippen molar-refractivity contribution in [2.45, 2.75) is 25.6 Å². The fraction of sp³-hybridized carbons (Fsp3) is 0.625. The first kappa shape index (κ1) is 13.8. The molecule has 92 valence electrons. The molecule has 0 saturated heterocycles. The van der Waals surface area contributed by atoms with Gasteiger partial charge in [-0.3, -0.25) is 4.57 Å². The summed E-state index contributed by atoms with van der Waals surface area (Å²) in [5.74, 6) is -1.30. The number of hydrogen-bond donors (Lipinski definition) is 3. The SMILES string of the molecule is CC(C)c1cncn1PCC(O)P(=O)(O)O. The van der Waals surface area contributed by atoms with E-state index in [0.717, 1.165) is 5.69 Å². The smallest absolute Gasteiger partial charge is 0.354 e. The highest BCUT2D eigenvalue weighted by Gasteiger charge is 2.26. The highest BCUT2D eigenvalue weighted by molar-refractivity contribution is 7.53. The van der Waals surface area contributed by atoms with Gasteiger partial charge in [-0.1, -0.05) is 13.8 Å². The zero-order valence-electron chi connectivity index (χ0n) is 9.11. The van der Waals surface area contributed by atoms with Crippen LogP contribution in [0.15, 0.2) is 12.5 Å². The Morgan fingerprint density at radius 2 is 2.19 bits per heavy atom. The average Bonchev–Trinajstić information content (AvgIpc) is 2.60. The second-order valence-corrected chi connectivity index (χ2v) is 6.76. The number of aromatic nitrogens is 2. The molecule has 2 atom stereocenters. The lowest BCUT2D eigenvalue weighted by atomic mass is 10.2. The summed E-state index contributed by atoms with van der Waals surface area (Å²) in [4.78, 5) is 21.4. The van der Waals surface area contributed by atoms with Crippen molar-refractivity contribution in [1.82, 2.24) is 9.32 Å². The second kappa shape index (κ2) is 5.39. The van der Waals surface area contributed by atoms with Gasteiger partial charge in [-0.15, -0.1) is 0 Å². The summed E-state index contributed by atoms with van der Waals surface area (Å²) in [7, 11) is -4.30. The largest absolute Gasteiger partial charge is 0.380 e. The second-order valence-electron chi connectivity index (χ2n) is 3.78. The number of nitrogens with zero attached hydrogens (tertiary/aromatic N) is 2. The molecule has 0 bridgehead atoms. The molecule has 0 aliphatic rings. The summed E-state index contributed by atoms with van der Waals surface area (Å²) in [5.41, 5.74) is 0.997. The first-order valence-corrected chi connectivity index (χ1v) is 7.65. The first-order chi connectivity index (χ1) is 7.32. The van der Waals surface area contributed by atoms with Crippen LogP contribution in [0.1, 0.15) is 25.5 Å². The van der Waals surface area contributed by atoms with Crippen LogP contribution in [0.25, 0.3) is 0 Å². The van der Waals surface area contributed by atoms with E-state index >= 15 is 0 Å². The zero-order valence-corrected chi connectivity index (χ0v) is 11.0. The van der Waals surface area contributed by atoms with Gasteiger partial charge < -0.3 is 19.2 Å². The van der Waals surface area contributed by atoms with E-state index in [9.17, 15) is 9.67 Å². The normalized spacial score (nSPS) is 15.1. The molecule has 2 unspecified atom stereocenters. The van der Waals surface area contributed by atoms with Crippen molar-refractivity contribution in [3.8, 4) is 0 Å². The molecule has 0 spiro atoms. The van der Waals surface area contributed by atoms with Crippen LogP contribution in [-0.4, -0.2) is 36.2 Å². The molecule has 1 heterocycles. The van der Waals surface area contributed by atoms with Gasteiger partial charge >= 0.3 is 7.60 Å². The molecule has 0 amide bonds. The Morgan fingerprint density at radius 1 is 1.56 bits per heavy atom. The predicted molar refractivity (Wildman–Crippen MR) is 62.9 cm³/mol. The Bertz CT molecular complexity index is 387. The monoisotopic (exact) mass is 266 g/mol. The Balaban J connectivity index is 2.62. The number of hydrogen-bond acceptors (Lipinski definition) is 3. The quantitative estimate of drug-likeness (QED) is 0.689. The molecule has 0 saturated carbocycles. The molecule has 0 radical (unpaired) electrons. The maximum absolute atomic E-state index is 10.7. The van der Waals surface area contributed by atoms with Crippen LogP contribution in [0.4, 0.5) is 0 Å². The fourth-order valence-electron chi connectivity index (χ4n) is 1.16. The van der Waals surface area contributed by atoms with E-state index in [0.29, 0.717) is 5.92 Å². The number of imidazole rings is 1. The Hall–Kier alpha value is -0.250. The fourth-order valence-corrected chi connectivity index (χ4v) is 3.37. The van der Waals surface area contributed by atoms with Gasteiger partial charge in [0.15, 0.2) is 5.85 Å². The van der Waals surface area contributed by atoms with Gasteiger partial charge in [-0.05, 0) is 14.6 Å². The van der Waals surface area contributed by atoms with Gasteiger partial charge in [-0.2, -0.15) is 0 Å². The van der Waals surface area contributed by atoms with E-state index in [-0.39, 0.29) is 14.9 Å².